The molecule has 0 aliphatic carbocycles. The molecular weight excluding hydrogens is 234 g/mol. The van der Waals surface area contributed by atoms with Crippen molar-refractivity contribution >= 4 is 11.8 Å². The Bertz CT molecular complexity index is 480. The molecule has 6 nitrogen and oxygen atoms in total. The third-order valence-electron chi connectivity index (χ3n) is 2.65. The molecule has 0 unspecified atom stereocenters. The second kappa shape index (κ2) is 5.66. The lowest BCUT2D eigenvalue weighted by Crippen LogP contribution is -2.34. The quantitative estimate of drug-likeness (QED) is 0.795. The van der Waals surface area contributed by atoms with Crippen molar-refractivity contribution in [2.45, 2.75) is 33.7 Å². The number of carboxylic acid groups (broad SMARTS) is 1. The summed E-state index contributed by atoms with van der Waals surface area (Å²) in [6.07, 6.45) is 4.01. The van der Waals surface area contributed by atoms with E-state index in [-0.39, 0.29) is 17.9 Å². The van der Waals surface area contributed by atoms with Gasteiger partial charge in [0.2, 0.25) is 0 Å². The van der Waals surface area contributed by atoms with Crippen LogP contribution in [0.2, 0.25) is 0 Å². The van der Waals surface area contributed by atoms with E-state index in [1.807, 2.05) is 6.92 Å². The van der Waals surface area contributed by atoms with E-state index in [0.717, 1.165) is 6.42 Å². The minimum atomic E-state index is -0.945. The Kier molecular flexibility index (Phi) is 4.47. The number of anilines is 1. The summed E-state index contributed by atoms with van der Waals surface area (Å²) in [5.41, 5.74) is -1.17. The molecule has 0 bridgehead atoms. The van der Waals surface area contributed by atoms with Crippen LogP contribution in [-0.4, -0.2) is 27.2 Å². The maximum atomic E-state index is 11.9. The van der Waals surface area contributed by atoms with Crippen LogP contribution in [0.1, 0.15) is 27.2 Å². The van der Waals surface area contributed by atoms with Gasteiger partial charge >= 0.3 is 5.97 Å². The normalized spacial score (nSPS) is 11.3. The topological polar surface area (TPSA) is 84.2 Å². The van der Waals surface area contributed by atoms with E-state index in [9.17, 15) is 9.59 Å². The summed E-state index contributed by atoms with van der Waals surface area (Å²) in [7, 11) is 0. The Labute approximate surface area is 106 Å². The van der Waals surface area contributed by atoms with Gasteiger partial charge in [0, 0.05) is 25.5 Å². The molecule has 0 radical (unpaired) electrons. The number of nitrogens with one attached hydrogen (secondary N) is 1. The molecule has 6 heteroatoms. The summed E-state index contributed by atoms with van der Waals surface area (Å²) in [6, 6.07) is 0. The van der Waals surface area contributed by atoms with Gasteiger partial charge in [-0.3, -0.25) is 9.59 Å². The molecule has 1 aromatic rings. The zero-order chi connectivity index (χ0) is 13.8. The first-order valence-corrected chi connectivity index (χ1v) is 5.91. The average Bonchev–Trinajstić information content (AvgIpc) is 2.30. The third-order valence-corrected chi connectivity index (χ3v) is 2.65. The number of hydrogen-bond donors (Lipinski definition) is 2. The van der Waals surface area contributed by atoms with Crippen molar-refractivity contribution in [1.82, 2.24) is 9.55 Å². The van der Waals surface area contributed by atoms with Crippen LogP contribution in [0, 0.1) is 5.41 Å². The van der Waals surface area contributed by atoms with Gasteiger partial charge in [-0.1, -0.05) is 6.92 Å². The number of carboxylic acids is 1. The van der Waals surface area contributed by atoms with Gasteiger partial charge in [-0.2, -0.15) is 0 Å². The SMILES string of the molecule is CCCn1ccnc(NCC(C)(C)C(=O)O)c1=O. The zero-order valence-electron chi connectivity index (χ0n) is 10.9. The Balaban J connectivity index is 2.83. The first kappa shape index (κ1) is 14.2. The van der Waals surface area contributed by atoms with E-state index < -0.39 is 11.4 Å². The number of aliphatic carboxylic acids is 1. The van der Waals surface area contributed by atoms with E-state index in [0.29, 0.717) is 6.54 Å². The average molecular weight is 253 g/mol. The van der Waals surface area contributed by atoms with Gasteiger partial charge in [0.05, 0.1) is 5.41 Å². The fraction of sp³-hybridized carbons (Fsp3) is 0.583. The number of carbonyl (C=O) groups is 1. The van der Waals surface area contributed by atoms with Gasteiger partial charge < -0.3 is 15.0 Å². The lowest BCUT2D eigenvalue weighted by Gasteiger charge is -2.19. The predicted octanol–water partition coefficient (Wildman–Crippen LogP) is 1.18. The van der Waals surface area contributed by atoms with E-state index in [1.54, 1.807) is 24.6 Å². The molecule has 0 aliphatic rings. The Morgan fingerprint density at radius 1 is 1.56 bits per heavy atom. The van der Waals surface area contributed by atoms with E-state index in [2.05, 4.69) is 10.3 Å². The second-order valence-corrected chi connectivity index (χ2v) is 4.82. The largest absolute Gasteiger partial charge is 0.481 e. The molecule has 0 saturated heterocycles. The molecule has 0 atom stereocenters. The van der Waals surface area contributed by atoms with Crippen LogP contribution in [0.3, 0.4) is 0 Å². The molecule has 18 heavy (non-hydrogen) atoms. The zero-order valence-corrected chi connectivity index (χ0v) is 10.9. The second-order valence-electron chi connectivity index (χ2n) is 4.82. The van der Waals surface area contributed by atoms with Crippen LogP contribution >= 0.6 is 0 Å². The highest BCUT2D eigenvalue weighted by atomic mass is 16.4. The monoisotopic (exact) mass is 253 g/mol. The van der Waals surface area contributed by atoms with Crippen LogP contribution in [0.4, 0.5) is 5.82 Å². The van der Waals surface area contributed by atoms with Crippen molar-refractivity contribution < 1.29 is 9.90 Å². The molecule has 0 fully saturated rings. The summed E-state index contributed by atoms with van der Waals surface area (Å²) in [4.78, 5) is 26.8. The summed E-state index contributed by atoms with van der Waals surface area (Å²) < 4.78 is 1.56. The van der Waals surface area contributed by atoms with Crippen LogP contribution in [-0.2, 0) is 11.3 Å². The van der Waals surface area contributed by atoms with Crippen molar-refractivity contribution in [3.05, 3.63) is 22.7 Å². The van der Waals surface area contributed by atoms with Gasteiger partial charge in [0.25, 0.3) is 5.56 Å². The molecule has 0 aromatic carbocycles. The molecule has 0 spiro atoms. The van der Waals surface area contributed by atoms with Crippen molar-refractivity contribution in [2.75, 3.05) is 11.9 Å². The molecule has 0 amide bonds. The van der Waals surface area contributed by atoms with Gasteiger partial charge in [-0.25, -0.2) is 4.98 Å². The fourth-order valence-corrected chi connectivity index (χ4v) is 1.37. The summed E-state index contributed by atoms with van der Waals surface area (Å²) in [5, 5.41) is 11.8. The minimum absolute atomic E-state index is 0.153. The Morgan fingerprint density at radius 2 is 2.22 bits per heavy atom. The first-order valence-electron chi connectivity index (χ1n) is 5.91. The molecule has 1 aromatic heterocycles. The standard InChI is InChI=1S/C12H19N3O3/c1-4-6-15-7-5-13-9(10(15)16)14-8-12(2,3)11(17)18/h5,7H,4,6,8H2,1-3H3,(H,13,14)(H,17,18). The van der Waals surface area contributed by atoms with Crippen LogP contribution in [0.5, 0.6) is 0 Å². The minimum Gasteiger partial charge on any atom is -0.481 e. The highest BCUT2D eigenvalue weighted by Gasteiger charge is 2.27. The van der Waals surface area contributed by atoms with Crippen molar-refractivity contribution in [3.63, 3.8) is 0 Å². The number of aryl methyl sites for hydroxylation is 1. The predicted molar refractivity (Wildman–Crippen MR) is 68.7 cm³/mol. The van der Waals surface area contributed by atoms with Crippen molar-refractivity contribution in [2.24, 2.45) is 5.41 Å². The highest BCUT2D eigenvalue weighted by molar-refractivity contribution is 5.74. The number of aromatic nitrogens is 2. The summed E-state index contributed by atoms with van der Waals surface area (Å²) >= 11 is 0. The van der Waals surface area contributed by atoms with E-state index in [4.69, 9.17) is 5.11 Å². The van der Waals surface area contributed by atoms with Gasteiger partial charge in [0.1, 0.15) is 0 Å². The Hall–Kier alpha value is -1.85. The van der Waals surface area contributed by atoms with E-state index >= 15 is 0 Å². The first-order chi connectivity index (χ1) is 8.38. The van der Waals surface area contributed by atoms with Crippen molar-refractivity contribution in [3.8, 4) is 0 Å². The maximum Gasteiger partial charge on any atom is 0.310 e. The molecule has 0 saturated carbocycles. The van der Waals surface area contributed by atoms with Gasteiger partial charge in [-0.15, -0.1) is 0 Å². The summed E-state index contributed by atoms with van der Waals surface area (Å²) in [5.74, 6) is -0.722. The Morgan fingerprint density at radius 3 is 2.78 bits per heavy atom. The number of rotatable bonds is 6. The molecular formula is C12H19N3O3. The molecule has 100 valence electrons. The summed E-state index contributed by atoms with van der Waals surface area (Å²) in [6.45, 7) is 5.94. The lowest BCUT2D eigenvalue weighted by atomic mass is 9.94. The number of nitrogens with zero attached hydrogens (tertiary/aromatic N) is 2. The molecule has 1 heterocycles. The van der Waals surface area contributed by atoms with Crippen LogP contribution in [0.15, 0.2) is 17.2 Å². The van der Waals surface area contributed by atoms with Gasteiger partial charge in [-0.05, 0) is 20.3 Å². The number of hydrogen-bond acceptors (Lipinski definition) is 4. The van der Waals surface area contributed by atoms with Gasteiger partial charge in [0.15, 0.2) is 5.82 Å². The van der Waals surface area contributed by atoms with Crippen LogP contribution in [0.25, 0.3) is 0 Å². The molecule has 0 aliphatic heterocycles. The van der Waals surface area contributed by atoms with Crippen LogP contribution < -0.4 is 10.9 Å². The lowest BCUT2D eigenvalue weighted by molar-refractivity contribution is -0.146. The highest BCUT2D eigenvalue weighted by Crippen LogP contribution is 2.14. The maximum absolute atomic E-state index is 11.9. The van der Waals surface area contributed by atoms with Crippen molar-refractivity contribution in [1.29, 1.82) is 0 Å². The fourth-order valence-electron chi connectivity index (χ4n) is 1.37. The molecule has 1 rings (SSSR count). The smallest absolute Gasteiger partial charge is 0.310 e. The molecule has 2 N–H and O–H groups in total. The third kappa shape index (κ3) is 3.32. The van der Waals surface area contributed by atoms with E-state index in [1.165, 1.54) is 6.20 Å².